The van der Waals surface area contributed by atoms with Crippen molar-refractivity contribution in [1.82, 2.24) is 0 Å². The zero-order valence-electron chi connectivity index (χ0n) is 10.6. The summed E-state index contributed by atoms with van der Waals surface area (Å²) in [7, 11) is -4.32. The number of carbonyl (C=O) groups excluding carboxylic acids is 2. The molecule has 0 bridgehead atoms. The summed E-state index contributed by atoms with van der Waals surface area (Å²) in [4.78, 5) is 22.7. The van der Waals surface area contributed by atoms with Gasteiger partial charge in [0.1, 0.15) is 26.6 Å². The summed E-state index contributed by atoms with van der Waals surface area (Å²) in [5, 5.41) is 0. The SMILES string of the molecule is O=C(CC(CCS(=O)(=O)O)C(=O)OCCF)OCCF. The van der Waals surface area contributed by atoms with Crippen molar-refractivity contribution in [3.63, 3.8) is 0 Å². The lowest BCUT2D eigenvalue weighted by Gasteiger charge is -2.14. The average molecular weight is 318 g/mol. The molecule has 0 rings (SSSR count). The molecule has 0 fully saturated rings. The molecular weight excluding hydrogens is 302 g/mol. The van der Waals surface area contributed by atoms with Crippen LogP contribution in [-0.2, 0) is 29.2 Å². The van der Waals surface area contributed by atoms with Crippen molar-refractivity contribution in [2.24, 2.45) is 5.92 Å². The number of rotatable bonds is 10. The zero-order valence-corrected chi connectivity index (χ0v) is 11.4. The normalized spacial score (nSPS) is 12.8. The predicted molar refractivity (Wildman–Crippen MR) is 63.0 cm³/mol. The minimum absolute atomic E-state index is 0.394. The molecule has 0 aliphatic carbocycles. The molecule has 0 radical (unpaired) electrons. The number of alkyl halides is 2. The lowest BCUT2D eigenvalue weighted by molar-refractivity contribution is -0.155. The fraction of sp³-hybridized carbons (Fsp3) is 0.800. The van der Waals surface area contributed by atoms with Gasteiger partial charge in [0.25, 0.3) is 10.1 Å². The van der Waals surface area contributed by atoms with E-state index in [1.807, 2.05) is 0 Å². The summed E-state index contributed by atoms with van der Waals surface area (Å²) >= 11 is 0. The second-order valence-electron chi connectivity index (χ2n) is 3.74. The van der Waals surface area contributed by atoms with Crippen molar-refractivity contribution < 1.29 is 40.8 Å². The Balaban J connectivity index is 4.52. The van der Waals surface area contributed by atoms with Crippen molar-refractivity contribution >= 4 is 22.1 Å². The van der Waals surface area contributed by atoms with Gasteiger partial charge in [-0.3, -0.25) is 14.1 Å². The first-order chi connectivity index (χ1) is 9.30. The second-order valence-corrected chi connectivity index (χ2v) is 5.31. The summed E-state index contributed by atoms with van der Waals surface area (Å²) in [5.41, 5.74) is 0. The predicted octanol–water partition coefficient (Wildman–Crippen LogP) is 0.296. The van der Waals surface area contributed by atoms with Crippen LogP contribution < -0.4 is 0 Å². The topological polar surface area (TPSA) is 107 Å². The van der Waals surface area contributed by atoms with Crippen LogP contribution in [0.2, 0.25) is 0 Å². The molecule has 0 saturated carbocycles. The molecular formula is C10H16F2O7S. The van der Waals surface area contributed by atoms with Crippen LogP contribution in [0.5, 0.6) is 0 Å². The van der Waals surface area contributed by atoms with Crippen molar-refractivity contribution in [1.29, 1.82) is 0 Å². The Morgan fingerprint density at radius 2 is 1.65 bits per heavy atom. The van der Waals surface area contributed by atoms with E-state index in [-0.39, 0.29) is 0 Å². The Kier molecular flexibility index (Phi) is 8.97. The first-order valence-corrected chi connectivity index (χ1v) is 7.30. The van der Waals surface area contributed by atoms with Crippen LogP contribution in [0.3, 0.4) is 0 Å². The van der Waals surface area contributed by atoms with Gasteiger partial charge in [-0.1, -0.05) is 0 Å². The van der Waals surface area contributed by atoms with E-state index in [2.05, 4.69) is 9.47 Å². The van der Waals surface area contributed by atoms with Crippen molar-refractivity contribution in [2.45, 2.75) is 12.8 Å². The van der Waals surface area contributed by atoms with E-state index < -0.39 is 73.1 Å². The zero-order chi connectivity index (χ0) is 15.6. The summed E-state index contributed by atoms with van der Waals surface area (Å²) in [5.74, 6) is -3.88. The first kappa shape index (κ1) is 18.7. The van der Waals surface area contributed by atoms with E-state index >= 15 is 0 Å². The molecule has 0 heterocycles. The highest BCUT2D eigenvalue weighted by Crippen LogP contribution is 2.13. The van der Waals surface area contributed by atoms with Gasteiger partial charge in [0.15, 0.2) is 0 Å². The number of hydrogen-bond acceptors (Lipinski definition) is 6. The van der Waals surface area contributed by atoms with Gasteiger partial charge in [0.05, 0.1) is 18.1 Å². The monoisotopic (exact) mass is 318 g/mol. The fourth-order valence-electron chi connectivity index (χ4n) is 1.26. The molecule has 0 aromatic heterocycles. The standard InChI is InChI=1S/C10H16F2O7S/c11-2-4-18-9(13)7-8(1-6-20(15,16)17)10(14)19-5-3-12/h8H,1-7H2,(H,15,16,17). The highest BCUT2D eigenvalue weighted by Gasteiger charge is 2.26. The molecule has 7 nitrogen and oxygen atoms in total. The summed E-state index contributed by atoms with van der Waals surface area (Å²) in [6.45, 7) is -2.83. The van der Waals surface area contributed by atoms with Gasteiger partial charge in [0.2, 0.25) is 0 Å². The second kappa shape index (κ2) is 9.59. The number of ether oxygens (including phenoxy) is 2. The largest absolute Gasteiger partial charge is 0.463 e. The minimum Gasteiger partial charge on any atom is -0.463 e. The highest BCUT2D eigenvalue weighted by molar-refractivity contribution is 7.85. The van der Waals surface area contributed by atoms with Gasteiger partial charge in [-0.05, 0) is 6.42 Å². The van der Waals surface area contributed by atoms with Gasteiger partial charge in [-0.25, -0.2) is 8.78 Å². The number of carbonyl (C=O) groups is 2. The Morgan fingerprint density at radius 1 is 1.10 bits per heavy atom. The maximum absolute atomic E-state index is 11.9. The number of esters is 2. The van der Waals surface area contributed by atoms with E-state index in [9.17, 15) is 26.8 Å². The van der Waals surface area contributed by atoms with Gasteiger partial charge in [0, 0.05) is 0 Å². The first-order valence-electron chi connectivity index (χ1n) is 5.69. The summed E-state index contributed by atoms with van der Waals surface area (Å²) in [6, 6.07) is 0. The smallest absolute Gasteiger partial charge is 0.309 e. The molecule has 1 atom stereocenters. The third kappa shape index (κ3) is 9.62. The van der Waals surface area contributed by atoms with Crippen molar-refractivity contribution in [2.75, 3.05) is 32.3 Å². The Bertz CT molecular complexity index is 410. The van der Waals surface area contributed by atoms with Crippen LogP contribution in [0.4, 0.5) is 8.78 Å². The molecule has 10 heteroatoms. The lowest BCUT2D eigenvalue weighted by Crippen LogP contribution is -2.25. The molecule has 0 amide bonds. The molecule has 118 valence electrons. The van der Waals surface area contributed by atoms with E-state index in [4.69, 9.17) is 4.55 Å². The quantitative estimate of drug-likeness (QED) is 0.456. The van der Waals surface area contributed by atoms with E-state index in [0.717, 1.165) is 0 Å². The third-order valence-corrected chi connectivity index (χ3v) is 2.88. The summed E-state index contributed by atoms with van der Waals surface area (Å²) in [6.07, 6.45) is -0.935. The van der Waals surface area contributed by atoms with Crippen LogP contribution in [0, 0.1) is 5.92 Å². The van der Waals surface area contributed by atoms with E-state index in [0.29, 0.717) is 0 Å². The van der Waals surface area contributed by atoms with Gasteiger partial charge < -0.3 is 9.47 Å². The molecule has 0 aliphatic rings. The van der Waals surface area contributed by atoms with E-state index in [1.165, 1.54) is 0 Å². The average Bonchev–Trinajstić information content (AvgIpc) is 2.37. The molecule has 0 saturated heterocycles. The molecule has 0 aromatic carbocycles. The van der Waals surface area contributed by atoms with Crippen LogP contribution in [0.25, 0.3) is 0 Å². The minimum atomic E-state index is -4.32. The maximum atomic E-state index is 11.9. The van der Waals surface area contributed by atoms with Crippen LogP contribution in [0.1, 0.15) is 12.8 Å². The molecule has 0 aliphatic heterocycles. The summed E-state index contributed by atoms with van der Waals surface area (Å²) < 4.78 is 62.3. The lowest BCUT2D eigenvalue weighted by atomic mass is 10.0. The van der Waals surface area contributed by atoms with Crippen molar-refractivity contribution in [3.05, 3.63) is 0 Å². The van der Waals surface area contributed by atoms with Crippen LogP contribution >= 0.6 is 0 Å². The highest BCUT2D eigenvalue weighted by atomic mass is 32.2. The molecule has 20 heavy (non-hydrogen) atoms. The number of hydrogen-bond donors (Lipinski definition) is 1. The van der Waals surface area contributed by atoms with Gasteiger partial charge in [-0.2, -0.15) is 8.42 Å². The maximum Gasteiger partial charge on any atom is 0.309 e. The Morgan fingerprint density at radius 3 is 2.15 bits per heavy atom. The molecule has 1 N–H and O–H groups in total. The molecule has 0 aromatic rings. The van der Waals surface area contributed by atoms with E-state index in [1.54, 1.807) is 0 Å². The Hall–Kier alpha value is -1.29. The third-order valence-electron chi connectivity index (χ3n) is 2.13. The van der Waals surface area contributed by atoms with Crippen LogP contribution in [0.15, 0.2) is 0 Å². The molecule has 0 spiro atoms. The van der Waals surface area contributed by atoms with Gasteiger partial charge >= 0.3 is 11.9 Å². The molecule has 1 unspecified atom stereocenters. The van der Waals surface area contributed by atoms with Gasteiger partial charge in [-0.15, -0.1) is 0 Å². The fourth-order valence-corrected chi connectivity index (χ4v) is 1.85. The number of halogens is 2. The Labute approximate surface area is 115 Å². The van der Waals surface area contributed by atoms with Crippen LogP contribution in [-0.4, -0.2) is 57.2 Å². The van der Waals surface area contributed by atoms with Crippen molar-refractivity contribution in [3.8, 4) is 0 Å².